The molecule has 0 spiro atoms. The Balaban J connectivity index is 1.71. The molecule has 3 aromatic carbocycles. The summed E-state index contributed by atoms with van der Waals surface area (Å²) in [6, 6.07) is 23.4. The quantitative estimate of drug-likeness (QED) is 0.391. The van der Waals surface area contributed by atoms with Crippen molar-refractivity contribution in [3.8, 4) is 16.9 Å². The monoisotopic (exact) mass is 457 g/mol. The molecule has 4 aromatic rings. The smallest absolute Gasteiger partial charge is 0.329 e. The summed E-state index contributed by atoms with van der Waals surface area (Å²) in [5.74, 6) is 0.841. The van der Waals surface area contributed by atoms with Crippen molar-refractivity contribution in [3.63, 3.8) is 0 Å². The fourth-order valence-electron chi connectivity index (χ4n) is 4.49. The lowest BCUT2D eigenvalue weighted by Crippen LogP contribution is -2.30. The fraction of sp³-hybridized carbons (Fsp3) is 0.185. The van der Waals surface area contributed by atoms with Gasteiger partial charge in [0, 0.05) is 17.4 Å². The number of pyridine rings is 1. The summed E-state index contributed by atoms with van der Waals surface area (Å²) in [7, 11) is 2.99. The van der Waals surface area contributed by atoms with Gasteiger partial charge in [-0.05, 0) is 46.0 Å². The van der Waals surface area contributed by atoms with Gasteiger partial charge in [0.25, 0.3) is 5.56 Å². The van der Waals surface area contributed by atoms with Gasteiger partial charge in [-0.15, -0.1) is 11.8 Å². The first kappa shape index (κ1) is 21.3. The second-order valence-electron chi connectivity index (χ2n) is 7.95. The van der Waals surface area contributed by atoms with E-state index in [1.165, 1.54) is 29.6 Å². The number of fused-ring (bicyclic) bond motifs is 2. The number of carbonyl (C=O) groups excluding carboxylic acids is 1. The highest BCUT2D eigenvalue weighted by molar-refractivity contribution is 7.99. The molecule has 0 bridgehead atoms. The van der Waals surface area contributed by atoms with Gasteiger partial charge in [0.15, 0.2) is 0 Å². The lowest BCUT2D eigenvalue weighted by molar-refractivity contribution is -0.143. The molecule has 0 radical (unpaired) electrons. The summed E-state index contributed by atoms with van der Waals surface area (Å²) in [4.78, 5) is 25.6. The van der Waals surface area contributed by atoms with Crippen LogP contribution in [0.25, 0.3) is 21.9 Å². The van der Waals surface area contributed by atoms with Gasteiger partial charge in [0.1, 0.15) is 11.8 Å². The molecular weight excluding hydrogens is 434 g/mol. The first-order valence-electron chi connectivity index (χ1n) is 10.7. The maximum absolute atomic E-state index is 13.2. The second-order valence-corrected chi connectivity index (χ2v) is 8.96. The lowest BCUT2D eigenvalue weighted by Gasteiger charge is -2.18. The number of carbonyl (C=O) groups is 1. The van der Waals surface area contributed by atoms with Gasteiger partial charge in [-0.3, -0.25) is 9.36 Å². The Morgan fingerprint density at radius 1 is 1.00 bits per heavy atom. The molecular formula is C27H23NO4S. The highest BCUT2D eigenvalue weighted by Gasteiger charge is 2.34. The number of benzene rings is 3. The molecule has 33 heavy (non-hydrogen) atoms. The first-order valence-corrected chi connectivity index (χ1v) is 11.7. The largest absolute Gasteiger partial charge is 0.497 e. The van der Waals surface area contributed by atoms with Crippen LogP contribution < -0.4 is 10.3 Å². The molecule has 5 rings (SSSR count). The Kier molecular flexibility index (Phi) is 5.68. The molecule has 5 nitrogen and oxygen atoms in total. The molecule has 1 aromatic heterocycles. The number of nitrogens with zero attached hydrogens (tertiary/aromatic N) is 1. The highest BCUT2D eigenvalue weighted by Crippen LogP contribution is 2.42. The number of rotatable bonds is 5. The van der Waals surface area contributed by atoms with Gasteiger partial charge in [-0.25, -0.2) is 4.79 Å². The van der Waals surface area contributed by atoms with Gasteiger partial charge < -0.3 is 9.47 Å². The van der Waals surface area contributed by atoms with E-state index in [2.05, 4.69) is 24.3 Å². The van der Waals surface area contributed by atoms with Crippen LogP contribution in [0, 0.1) is 0 Å². The third-order valence-electron chi connectivity index (χ3n) is 6.09. The third-order valence-corrected chi connectivity index (χ3v) is 7.25. The van der Waals surface area contributed by atoms with Gasteiger partial charge in [0.05, 0.1) is 19.2 Å². The summed E-state index contributed by atoms with van der Waals surface area (Å²) < 4.78 is 11.9. The Hall–Kier alpha value is -3.51. The highest BCUT2D eigenvalue weighted by atomic mass is 32.2. The van der Waals surface area contributed by atoms with Crippen molar-refractivity contribution in [2.45, 2.75) is 17.5 Å². The maximum atomic E-state index is 13.2. The van der Waals surface area contributed by atoms with Crippen LogP contribution in [0.1, 0.15) is 17.2 Å². The normalized spacial score (nSPS) is 14.8. The van der Waals surface area contributed by atoms with Crippen molar-refractivity contribution >= 4 is 28.5 Å². The molecule has 0 saturated carbocycles. The molecule has 1 aliphatic heterocycles. The zero-order valence-electron chi connectivity index (χ0n) is 18.4. The van der Waals surface area contributed by atoms with Crippen molar-refractivity contribution in [2.75, 3.05) is 20.0 Å². The van der Waals surface area contributed by atoms with E-state index in [4.69, 9.17) is 9.47 Å². The SMILES string of the molecule is COC(=O)[C@@H]1CSc2c(-c3ccc(OC)cc3)c(Cc3cccc4ccccc34)cc(=O)n21. The second kappa shape index (κ2) is 8.79. The molecule has 0 fully saturated rings. The Morgan fingerprint density at radius 3 is 2.52 bits per heavy atom. The van der Waals surface area contributed by atoms with Gasteiger partial charge in [-0.2, -0.15) is 0 Å². The van der Waals surface area contributed by atoms with Gasteiger partial charge >= 0.3 is 5.97 Å². The zero-order chi connectivity index (χ0) is 22.9. The molecule has 2 heterocycles. The van der Waals surface area contributed by atoms with Crippen molar-refractivity contribution in [1.29, 1.82) is 0 Å². The van der Waals surface area contributed by atoms with Crippen LogP contribution in [-0.4, -0.2) is 30.5 Å². The molecule has 166 valence electrons. The van der Waals surface area contributed by atoms with Crippen LogP contribution in [-0.2, 0) is 16.0 Å². The molecule has 0 amide bonds. The molecule has 0 aliphatic carbocycles. The Bertz CT molecular complexity index is 1400. The van der Waals surface area contributed by atoms with E-state index < -0.39 is 12.0 Å². The van der Waals surface area contributed by atoms with Crippen LogP contribution in [0.4, 0.5) is 0 Å². The van der Waals surface area contributed by atoms with Crippen molar-refractivity contribution < 1.29 is 14.3 Å². The minimum Gasteiger partial charge on any atom is -0.497 e. The zero-order valence-corrected chi connectivity index (χ0v) is 19.2. The standard InChI is InChI=1S/C27H23NO4S/c1-31-21-12-10-18(11-13-21)25-20(14-19-8-5-7-17-6-3-4-9-22(17)19)15-24(29)28-23(27(30)32-2)16-33-26(25)28/h3-13,15,23H,14,16H2,1-2H3/t23-/m0/s1. The lowest BCUT2D eigenvalue weighted by atomic mass is 9.93. The summed E-state index contributed by atoms with van der Waals surface area (Å²) in [6.07, 6.45) is 0.606. The summed E-state index contributed by atoms with van der Waals surface area (Å²) in [6.45, 7) is 0. The van der Waals surface area contributed by atoms with E-state index in [-0.39, 0.29) is 5.56 Å². The number of hydrogen-bond acceptors (Lipinski definition) is 5. The average molecular weight is 458 g/mol. The van der Waals surface area contributed by atoms with Crippen LogP contribution >= 0.6 is 11.8 Å². The summed E-state index contributed by atoms with van der Waals surface area (Å²) in [5, 5.41) is 3.14. The third kappa shape index (κ3) is 3.80. The van der Waals surface area contributed by atoms with E-state index in [1.54, 1.807) is 17.7 Å². The molecule has 1 atom stereocenters. The van der Waals surface area contributed by atoms with E-state index >= 15 is 0 Å². The average Bonchev–Trinajstić information content (AvgIpc) is 3.30. The van der Waals surface area contributed by atoms with Crippen molar-refractivity contribution in [1.82, 2.24) is 4.57 Å². The van der Waals surface area contributed by atoms with E-state index in [0.717, 1.165) is 33.0 Å². The van der Waals surface area contributed by atoms with Crippen LogP contribution in [0.5, 0.6) is 5.75 Å². The number of methoxy groups -OCH3 is 2. The molecule has 0 unspecified atom stereocenters. The number of ether oxygens (including phenoxy) is 2. The van der Waals surface area contributed by atoms with Gasteiger partial charge in [-0.1, -0.05) is 54.6 Å². The fourth-order valence-corrected chi connectivity index (χ4v) is 5.84. The van der Waals surface area contributed by atoms with E-state index in [0.29, 0.717) is 12.2 Å². The van der Waals surface area contributed by atoms with E-state index in [1.807, 2.05) is 42.5 Å². The van der Waals surface area contributed by atoms with Crippen LogP contribution in [0.3, 0.4) is 0 Å². The molecule has 0 N–H and O–H groups in total. The topological polar surface area (TPSA) is 57.5 Å². The number of esters is 1. The predicted octanol–water partition coefficient (Wildman–Crippen LogP) is 5.09. The summed E-state index contributed by atoms with van der Waals surface area (Å²) >= 11 is 1.52. The molecule has 1 aliphatic rings. The van der Waals surface area contributed by atoms with Crippen LogP contribution in [0.2, 0.25) is 0 Å². The predicted molar refractivity (Wildman–Crippen MR) is 131 cm³/mol. The summed E-state index contributed by atoms with van der Waals surface area (Å²) in [5.41, 5.74) is 3.86. The number of thioether (sulfide) groups is 1. The molecule has 6 heteroatoms. The minimum atomic E-state index is -0.619. The molecule has 0 saturated heterocycles. The van der Waals surface area contributed by atoms with E-state index in [9.17, 15) is 9.59 Å². The maximum Gasteiger partial charge on any atom is 0.329 e. The Morgan fingerprint density at radius 2 is 1.76 bits per heavy atom. The van der Waals surface area contributed by atoms with Crippen LogP contribution in [0.15, 0.2) is 82.6 Å². The van der Waals surface area contributed by atoms with Crippen molar-refractivity contribution in [2.24, 2.45) is 0 Å². The van der Waals surface area contributed by atoms with Gasteiger partial charge in [0.2, 0.25) is 0 Å². The van der Waals surface area contributed by atoms with Crippen molar-refractivity contribution in [3.05, 3.63) is 94.3 Å². The number of hydrogen-bond donors (Lipinski definition) is 0. The number of aromatic nitrogens is 1. The minimum absolute atomic E-state index is 0.183. The Labute approximate surface area is 196 Å². The first-order chi connectivity index (χ1) is 16.1.